The van der Waals surface area contributed by atoms with E-state index in [0.717, 1.165) is 28.6 Å². The molecular formula is C23H21BrO2. The lowest BCUT2D eigenvalue weighted by molar-refractivity contribution is 0.158. The summed E-state index contributed by atoms with van der Waals surface area (Å²) >= 11 is 3.54. The summed E-state index contributed by atoms with van der Waals surface area (Å²) in [7, 11) is 1.65. The highest BCUT2D eigenvalue weighted by molar-refractivity contribution is 9.10. The topological polar surface area (TPSA) is 29.5 Å². The van der Waals surface area contributed by atoms with E-state index in [9.17, 15) is 5.11 Å². The summed E-state index contributed by atoms with van der Waals surface area (Å²) in [5, 5.41) is 11.4. The van der Waals surface area contributed by atoms with Gasteiger partial charge in [0.05, 0.1) is 17.7 Å². The van der Waals surface area contributed by atoms with Crippen LogP contribution in [0, 0.1) is 0 Å². The van der Waals surface area contributed by atoms with E-state index in [2.05, 4.69) is 64.5 Å². The molecule has 3 aromatic carbocycles. The van der Waals surface area contributed by atoms with Crippen molar-refractivity contribution in [3.63, 3.8) is 0 Å². The molecule has 0 amide bonds. The highest BCUT2D eigenvalue weighted by Crippen LogP contribution is 2.43. The van der Waals surface area contributed by atoms with Gasteiger partial charge < -0.3 is 9.84 Å². The van der Waals surface area contributed by atoms with Gasteiger partial charge in [-0.2, -0.15) is 0 Å². The lowest BCUT2D eigenvalue weighted by Gasteiger charge is -2.26. The third kappa shape index (κ3) is 3.06. The minimum absolute atomic E-state index is 0.0785. The maximum atomic E-state index is 11.4. The number of aliphatic hydroxyl groups excluding tert-OH is 1. The molecule has 1 aliphatic rings. The predicted molar refractivity (Wildman–Crippen MR) is 108 cm³/mol. The molecule has 0 saturated heterocycles. The molecule has 26 heavy (non-hydrogen) atoms. The fourth-order valence-electron chi connectivity index (χ4n) is 3.97. The van der Waals surface area contributed by atoms with E-state index < -0.39 is 6.10 Å². The highest BCUT2D eigenvalue weighted by Gasteiger charge is 2.30. The predicted octanol–water partition coefficient (Wildman–Crippen LogP) is 5.42. The van der Waals surface area contributed by atoms with Gasteiger partial charge in [-0.3, -0.25) is 0 Å². The normalized spacial score (nSPS) is 14.9. The van der Waals surface area contributed by atoms with Crippen molar-refractivity contribution < 1.29 is 9.84 Å². The van der Waals surface area contributed by atoms with Crippen LogP contribution in [0.2, 0.25) is 0 Å². The van der Waals surface area contributed by atoms with Crippen LogP contribution in [-0.4, -0.2) is 12.2 Å². The molecule has 0 heterocycles. The molecule has 0 aromatic heterocycles. The first kappa shape index (κ1) is 17.3. The van der Waals surface area contributed by atoms with Gasteiger partial charge in [-0.25, -0.2) is 0 Å². The van der Waals surface area contributed by atoms with Crippen LogP contribution in [0.25, 0.3) is 0 Å². The van der Waals surface area contributed by atoms with Crippen LogP contribution in [-0.2, 0) is 12.8 Å². The number of aryl methyl sites for hydroxylation is 2. The van der Waals surface area contributed by atoms with E-state index in [0.29, 0.717) is 0 Å². The average Bonchev–Trinajstić information content (AvgIpc) is 2.84. The fourth-order valence-corrected chi connectivity index (χ4v) is 4.52. The Morgan fingerprint density at radius 3 is 2.04 bits per heavy atom. The molecule has 1 N–H and O–H groups in total. The van der Waals surface area contributed by atoms with Gasteiger partial charge >= 0.3 is 0 Å². The van der Waals surface area contributed by atoms with Gasteiger partial charge in [0, 0.05) is 5.92 Å². The summed E-state index contributed by atoms with van der Waals surface area (Å²) in [5.41, 5.74) is 5.96. The summed E-state index contributed by atoms with van der Waals surface area (Å²) in [6, 6.07) is 22.8. The van der Waals surface area contributed by atoms with Crippen LogP contribution in [0.3, 0.4) is 0 Å². The maximum absolute atomic E-state index is 11.4. The zero-order chi connectivity index (χ0) is 18.1. The number of methoxy groups -OCH3 is 1. The quantitative estimate of drug-likeness (QED) is 0.626. The Labute approximate surface area is 162 Å². The second-order valence-electron chi connectivity index (χ2n) is 6.71. The van der Waals surface area contributed by atoms with Crippen molar-refractivity contribution in [3.05, 3.63) is 99.0 Å². The van der Waals surface area contributed by atoms with Crippen molar-refractivity contribution in [2.75, 3.05) is 7.11 Å². The van der Waals surface area contributed by atoms with Gasteiger partial charge in [-0.05, 0) is 68.7 Å². The molecule has 0 radical (unpaired) electrons. The van der Waals surface area contributed by atoms with Crippen LogP contribution in [0.5, 0.6) is 5.75 Å². The smallest absolute Gasteiger partial charge is 0.133 e. The van der Waals surface area contributed by atoms with Crippen LogP contribution >= 0.6 is 15.9 Å². The Kier molecular flexibility index (Phi) is 4.84. The summed E-state index contributed by atoms with van der Waals surface area (Å²) in [5.74, 6) is 0.688. The molecule has 3 heteroatoms. The average molecular weight is 409 g/mol. The molecule has 0 spiro atoms. The van der Waals surface area contributed by atoms with Crippen LogP contribution in [0.1, 0.15) is 39.8 Å². The van der Waals surface area contributed by atoms with Crippen molar-refractivity contribution in [1.29, 1.82) is 0 Å². The number of hydrogen-bond acceptors (Lipinski definition) is 2. The van der Waals surface area contributed by atoms with Crippen molar-refractivity contribution in [3.8, 4) is 5.75 Å². The standard InChI is InChI=1S/C23H21BrO2/c1-26-21-13-12-17(14-20(21)24)23(25)22-18-8-4-2-6-15(18)10-11-16-7-3-5-9-19(16)22/h2-9,12-14,22-23,25H,10-11H2,1H3. The fraction of sp³-hybridized carbons (Fsp3) is 0.217. The van der Waals surface area contributed by atoms with Crippen molar-refractivity contribution in [1.82, 2.24) is 0 Å². The molecule has 0 fully saturated rings. The Morgan fingerprint density at radius 1 is 0.923 bits per heavy atom. The monoisotopic (exact) mass is 408 g/mol. The molecule has 0 aliphatic heterocycles. The number of fused-ring (bicyclic) bond motifs is 2. The summed E-state index contributed by atoms with van der Waals surface area (Å²) in [6.45, 7) is 0. The highest BCUT2D eigenvalue weighted by atomic mass is 79.9. The number of aliphatic hydroxyl groups is 1. The van der Waals surface area contributed by atoms with E-state index >= 15 is 0 Å². The lowest BCUT2D eigenvalue weighted by atomic mass is 9.81. The second kappa shape index (κ2) is 7.26. The minimum atomic E-state index is -0.627. The van der Waals surface area contributed by atoms with Gasteiger partial charge in [0.1, 0.15) is 5.75 Å². The first-order chi connectivity index (χ1) is 12.7. The van der Waals surface area contributed by atoms with Crippen LogP contribution < -0.4 is 4.74 Å². The third-order valence-corrected chi connectivity index (χ3v) is 5.90. The van der Waals surface area contributed by atoms with E-state index in [1.807, 2.05) is 18.2 Å². The molecule has 1 unspecified atom stereocenters. The van der Waals surface area contributed by atoms with Gasteiger partial charge in [0.15, 0.2) is 0 Å². The van der Waals surface area contributed by atoms with Crippen LogP contribution in [0.15, 0.2) is 71.2 Å². The number of hydrogen-bond donors (Lipinski definition) is 1. The van der Waals surface area contributed by atoms with Gasteiger partial charge in [-0.15, -0.1) is 0 Å². The van der Waals surface area contributed by atoms with E-state index in [-0.39, 0.29) is 5.92 Å². The zero-order valence-corrected chi connectivity index (χ0v) is 16.2. The second-order valence-corrected chi connectivity index (χ2v) is 7.57. The van der Waals surface area contributed by atoms with Gasteiger partial charge in [0.25, 0.3) is 0 Å². The molecule has 1 aliphatic carbocycles. The number of rotatable bonds is 3. The molecule has 0 bridgehead atoms. The first-order valence-electron chi connectivity index (χ1n) is 8.86. The van der Waals surface area contributed by atoms with Crippen molar-refractivity contribution in [2.45, 2.75) is 24.9 Å². The molecule has 4 rings (SSSR count). The minimum Gasteiger partial charge on any atom is -0.496 e. The SMILES string of the molecule is COc1ccc(C(O)C2c3ccccc3CCc3ccccc32)cc1Br. The van der Waals surface area contributed by atoms with Gasteiger partial charge in [0.2, 0.25) is 0 Å². The third-order valence-electron chi connectivity index (χ3n) is 5.28. The number of halogens is 1. The van der Waals surface area contributed by atoms with E-state index in [1.54, 1.807) is 7.11 Å². The Morgan fingerprint density at radius 2 is 1.50 bits per heavy atom. The van der Waals surface area contributed by atoms with Crippen molar-refractivity contribution >= 4 is 15.9 Å². The molecular weight excluding hydrogens is 388 g/mol. The molecule has 0 saturated carbocycles. The molecule has 1 atom stereocenters. The Balaban J connectivity index is 1.85. The Bertz CT molecular complexity index is 887. The van der Waals surface area contributed by atoms with E-state index in [4.69, 9.17) is 4.74 Å². The van der Waals surface area contributed by atoms with Crippen LogP contribution in [0.4, 0.5) is 0 Å². The number of benzene rings is 3. The zero-order valence-electron chi connectivity index (χ0n) is 14.7. The largest absolute Gasteiger partial charge is 0.496 e. The molecule has 2 nitrogen and oxygen atoms in total. The summed E-state index contributed by atoms with van der Waals surface area (Å²) in [4.78, 5) is 0. The number of ether oxygens (including phenoxy) is 1. The first-order valence-corrected chi connectivity index (χ1v) is 9.65. The Hall–Kier alpha value is -2.10. The van der Waals surface area contributed by atoms with Crippen molar-refractivity contribution in [2.24, 2.45) is 0 Å². The lowest BCUT2D eigenvalue weighted by Crippen LogP contribution is -2.14. The molecule has 3 aromatic rings. The summed E-state index contributed by atoms with van der Waals surface area (Å²) in [6.07, 6.45) is 1.38. The maximum Gasteiger partial charge on any atom is 0.133 e. The van der Waals surface area contributed by atoms with E-state index in [1.165, 1.54) is 22.3 Å². The molecule has 132 valence electrons. The summed E-state index contributed by atoms with van der Waals surface area (Å²) < 4.78 is 6.18. The van der Waals surface area contributed by atoms with Gasteiger partial charge in [-0.1, -0.05) is 54.6 Å².